The number of furan rings is 1. The van der Waals surface area contributed by atoms with Gasteiger partial charge in [0, 0.05) is 16.3 Å². The smallest absolute Gasteiger partial charge is 0.143 e. The van der Waals surface area contributed by atoms with Crippen LogP contribution in [-0.4, -0.2) is 0 Å². The molecule has 8 aromatic rings. The van der Waals surface area contributed by atoms with Gasteiger partial charge in [-0.1, -0.05) is 154 Å². The van der Waals surface area contributed by atoms with Crippen LogP contribution in [0.3, 0.4) is 0 Å². The van der Waals surface area contributed by atoms with Gasteiger partial charge in [0.2, 0.25) is 0 Å². The second-order valence-electron chi connectivity index (χ2n) is 12.5. The Morgan fingerprint density at radius 2 is 0.837 bits per heavy atom. The first-order valence-electron chi connectivity index (χ1n) is 15.0. The molecule has 7 aromatic carbocycles. The molecular formula is C42H32O. The maximum Gasteiger partial charge on any atom is 0.143 e. The lowest BCUT2D eigenvalue weighted by atomic mass is 9.83. The molecule has 0 saturated heterocycles. The van der Waals surface area contributed by atoms with E-state index in [0.29, 0.717) is 0 Å². The number of rotatable bonds is 3. The lowest BCUT2D eigenvalue weighted by molar-refractivity contribution is 0.590. The van der Waals surface area contributed by atoms with Gasteiger partial charge >= 0.3 is 0 Å². The fourth-order valence-electron chi connectivity index (χ4n) is 6.68. The monoisotopic (exact) mass is 552 g/mol. The summed E-state index contributed by atoms with van der Waals surface area (Å²) in [6.45, 7) is 6.80. The maximum atomic E-state index is 6.35. The molecule has 0 aliphatic heterocycles. The van der Waals surface area contributed by atoms with E-state index in [1.54, 1.807) is 0 Å². The van der Waals surface area contributed by atoms with Crippen molar-refractivity contribution >= 4 is 43.5 Å². The molecule has 1 heteroatoms. The molecular weight excluding hydrogens is 520 g/mol. The first-order chi connectivity index (χ1) is 21.0. The van der Waals surface area contributed by atoms with Crippen LogP contribution < -0.4 is 0 Å². The van der Waals surface area contributed by atoms with E-state index in [1.807, 2.05) is 12.1 Å². The van der Waals surface area contributed by atoms with Crippen molar-refractivity contribution in [2.75, 3.05) is 0 Å². The van der Waals surface area contributed by atoms with E-state index in [-0.39, 0.29) is 5.41 Å². The Hall–Kier alpha value is -5.14. The highest BCUT2D eigenvalue weighted by atomic mass is 16.3. The Labute approximate surface area is 252 Å². The third kappa shape index (κ3) is 4.15. The van der Waals surface area contributed by atoms with Gasteiger partial charge in [0.25, 0.3) is 0 Å². The van der Waals surface area contributed by atoms with E-state index in [0.717, 1.165) is 33.1 Å². The number of hydrogen-bond donors (Lipinski definition) is 0. The average Bonchev–Trinajstić information content (AvgIpc) is 3.42. The van der Waals surface area contributed by atoms with Crippen LogP contribution in [0.4, 0.5) is 0 Å². The second kappa shape index (κ2) is 9.71. The maximum absolute atomic E-state index is 6.35. The van der Waals surface area contributed by atoms with Gasteiger partial charge in [0.1, 0.15) is 11.2 Å². The Balaban J connectivity index is 1.31. The van der Waals surface area contributed by atoms with E-state index in [4.69, 9.17) is 4.42 Å². The summed E-state index contributed by atoms with van der Waals surface area (Å²) < 4.78 is 6.35. The Morgan fingerprint density at radius 1 is 0.395 bits per heavy atom. The van der Waals surface area contributed by atoms with Crippen molar-refractivity contribution in [3.05, 3.63) is 145 Å². The fraction of sp³-hybridized carbons (Fsp3) is 0.0952. The number of hydrogen-bond acceptors (Lipinski definition) is 1. The van der Waals surface area contributed by atoms with Crippen molar-refractivity contribution in [2.45, 2.75) is 26.2 Å². The molecule has 8 rings (SSSR count). The first kappa shape index (κ1) is 25.6. The predicted molar refractivity (Wildman–Crippen MR) is 184 cm³/mol. The first-order valence-corrected chi connectivity index (χ1v) is 15.0. The SMILES string of the molecule is CC(C)(C)c1ccc(-c2c3ccccc3c(-c3ccc(-c4cccc5c4oc4ccccc45)cc3)c3ccccc23)cc1. The molecule has 0 aliphatic rings. The molecule has 0 aliphatic carbocycles. The molecule has 0 N–H and O–H groups in total. The molecule has 0 radical (unpaired) electrons. The van der Waals surface area contributed by atoms with Gasteiger partial charge in [-0.25, -0.2) is 0 Å². The summed E-state index contributed by atoms with van der Waals surface area (Å²) in [6.07, 6.45) is 0. The Kier molecular flexibility index (Phi) is 5.77. The Bertz CT molecular complexity index is 2240. The molecule has 0 amide bonds. The van der Waals surface area contributed by atoms with Crippen molar-refractivity contribution in [3.8, 4) is 33.4 Å². The van der Waals surface area contributed by atoms with E-state index < -0.39 is 0 Å². The molecule has 0 atom stereocenters. The van der Waals surface area contributed by atoms with E-state index in [1.165, 1.54) is 49.4 Å². The summed E-state index contributed by atoms with van der Waals surface area (Å²) in [6, 6.07) is 50.6. The van der Waals surface area contributed by atoms with Crippen molar-refractivity contribution in [1.29, 1.82) is 0 Å². The van der Waals surface area contributed by atoms with Gasteiger partial charge in [0.15, 0.2) is 0 Å². The van der Waals surface area contributed by atoms with Crippen LogP contribution in [0, 0.1) is 0 Å². The van der Waals surface area contributed by atoms with Crippen LogP contribution in [-0.2, 0) is 5.41 Å². The summed E-state index contributed by atoms with van der Waals surface area (Å²) in [5, 5.41) is 7.39. The minimum Gasteiger partial charge on any atom is -0.455 e. The number of fused-ring (bicyclic) bond motifs is 5. The van der Waals surface area contributed by atoms with Crippen molar-refractivity contribution in [3.63, 3.8) is 0 Å². The highest BCUT2D eigenvalue weighted by molar-refractivity contribution is 6.21. The zero-order valence-corrected chi connectivity index (χ0v) is 24.7. The van der Waals surface area contributed by atoms with Crippen LogP contribution in [0.15, 0.2) is 144 Å². The Morgan fingerprint density at radius 3 is 1.37 bits per heavy atom. The zero-order valence-electron chi connectivity index (χ0n) is 24.7. The minimum atomic E-state index is 0.120. The summed E-state index contributed by atoms with van der Waals surface area (Å²) in [7, 11) is 0. The summed E-state index contributed by atoms with van der Waals surface area (Å²) in [4.78, 5) is 0. The molecule has 206 valence electrons. The lowest BCUT2D eigenvalue weighted by Gasteiger charge is -2.21. The standard InChI is InChI=1S/C42H32O/c1-42(2,3)30-25-23-29(24-26-30)40-35-14-6-4-12-33(35)39(34-13-5-7-15-36(34)40)28-21-19-27(20-22-28)31-16-10-17-37-32-11-8-9-18-38(32)43-41(31)37/h4-26H,1-3H3. The third-order valence-electron chi connectivity index (χ3n) is 8.86. The minimum absolute atomic E-state index is 0.120. The molecule has 0 saturated carbocycles. The summed E-state index contributed by atoms with van der Waals surface area (Å²) in [5.74, 6) is 0. The van der Waals surface area contributed by atoms with E-state index in [2.05, 4.69) is 148 Å². The van der Waals surface area contributed by atoms with Gasteiger partial charge in [-0.05, 0) is 66.4 Å². The average molecular weight is 553 g/mol. The normalized spacial score (nSPS) is 12.1. The predicted octanol–water partition coefficient (Wildman–Crippen LogP) is 12.2. The molecule has 0 unspecified atom stereocenters. The molecule has 0 spiro atoms. The summed E-state index contributed by atoms with van der Waals surface area (Å²) >= 11 is 0. The van der Waals surface area contributed by atoms with Crippen LogP contribution >= 0.6 is 0 Å². The zero-order chi connectivity index (χ0) is 29.1. The number of benzene rings is 7. The number of para-hydroxylation sites is 2. The molecule has 1 nitrogen and oxygen atoms in total. The molecule has 0 fully saturated rings. The van der Waals surface area contributed by atoms with Gasteiger partial charge in [-0.3, -0.25) is 0 Å². The highest BCUT2D eigenvalue weighted by Crippen LogP contribution is 2.44. The van der Waals surface area contributed by atoms with Crippen LogP contribution in [0.2, 0.25) is 0 Å². The van der Waals surface area contributed by atoms with Crippen LogP contribution in [0.25, 0.3) is 76.9 Å². The van der Waals surface area contributed by atoms with Crippen molar-refractivity contribution in [1.82, 2.24) is 0 Å². The topological polar surface area (TPSA) is 13.1 Å². The quantitative estimate of drug-likeness (QED) is 0.199. The van der Waals surface area contributed by atoms with Crippen LogP contribution in [0.1, 0.15) is 26.3 Å². The van der Waals surface area contributed by atoms with E-state index in [9.17, 15) is 0 Å². The molecule has 1 heterocycles. The molecule has 43 heavy (non-hydrogen) atoms. The largest absolute Gasteiger partial charge is 0.455 e. The third-order valence-corrected chi connectivity index (χ3v) is 8.86. The molecule has 0 bridgehead atoms. The lowest BCUT2D eigenvalue weighted by Crippen LogP contribution is -2.10. The van der Waals surface area contributed by atoms with Gasteiger partial charge < -0.3 is 4.42 Å². The second-order valence-corrected chi connectivity index (χ2v) is 12.5. The van der Waals surface area contributed by atoms with Crippen molar-refractivity contribution < 1.29 is 4.42 Å². The summed E-state index contributed by atoms with van der Waals surface area (Å²) in [5.41, 5.74) is 10.6. The van der Waals surface area contributed by atoms with Gasteiger partial charge in [0.05, 0.1) is 0 Å². The molecule has 1 aromatic heterocycles. The fourth-order valence-corrected chi connectivity index (χ4v) is 6.68. The van der Waals surface area contributed by atoms with Gasteiger partial charge in [-0.15, -0.1) is 0 Å². The van der Waals surface area contributed by atoms with Crippen molar-refractivity contribution in [2.24, 2.45) is 0 Å². The van der Waals surface area contributed by atoms with Crippen LogP contribution in [0.5, 0.6) is 0 Å². The van der Waals surface area contributed by atoms with Gasteiger partial charge in [-0.2, -0.15) is 0 Å². The highest BCUT2D eigenvalue weighted by Gasteiger charge is 2.19. The van der Waals surface area contributed by atoms with E-state index >= 15 is 0 Å².